The number of aromatic carboxylic acids is 1. The SMILES string of the molecule is Nc1c(C(=O)O)ccc2[nH]c(-c3ncc(Cl)cc3Cl)nc12. The predicted molar refractivity (Wildman–Crippen MR) is 80.7 cm³/mol. The number of aromatic amines is 1. The molecule has 0 atom stereocenters. The molecule has 4 N–H and O–H groups in total. The number of benzene rings is 1. The third-order valence-corrected chi connectivity index (χ3v) is 3.45. The number of carboxylic acid groups (broad SMARTS) is 1. The zero-order valence-electron chi connectivity index (χ0n) is 10.4. The Kier molecular flexibility index (Phi) is 3.19. The van der Waals surface area contributed by atoms with Crippen molar-refractivity contribution in [3.8, 4) is 11.5 Å². The van der Waals surface area contributed by atoms with Crippen LogP contribution in [0.25, 0.3) is 22.6 Å². The van der Waals surface area contributed by atoms with E-state index in [1.807, 2.05) is 0 Å². The van der Waals surface area contributed by atoms with Gasteiger partial charge in [0.1, 0.15) is 11.2 Å². The summed E-state index contributed by atoms with van der Waals surface area (Å²) in [6, 6.07) is 4.55. The first-order valence-electron chi connectivity index (χ1n) is 5.80. The highest BCUT2D eigenvalue weighted by molar-refractivity contribution is 6.36. The molecule has 0 aliphatic heterocycles. The van der Waals surface area contributed by atoms with E-state index in [2.05, 4.69) is 15.0 Å². The maximum absolute atomic E-state index is 11.1. The molecule has 3 rings (SSSR count). The van der Waals surface area contributed by atoms with Gasteiger partial charge in [-0.3, -0.25) is 0 Å². The van der Waals surface area contributed by atoms with Crippen LogP contribution in [-0.2, 0) is 0 Å². The summed E-state index contributed by atoms with van der Waals surface area (Å²) >= 11 is 11.9. The molecule has 0 aliphatic rings. The lowest BCUT2D eigenvalue weighted by molar-refractivity contribution is 0.0698. The number of imidazole rings is 1. The van der Waals surface area contributed by atoms with Gasteiger partial charge >= 0.3 is 5.97 Å². The first kappa shape index (κ1) is 13.7. The first-order chi connectivity index (χ1) is 9.97. The van der Waals surface area contributed by atoms with Gasteiger partial charge in [0.15, 0.2) is 5.82 Å². The standard InChI is InChI=1S/C13H8Cl2N4O2/c14-5-3-7(15)10(17-4-5)12-18-8-2-1-6(13(20)21)9(16)11(8)19-12/h1-4H,16H2,(H,18,19)(H,20,21). The molecule has 0 aliphatic carbocycles. The maximum Gasteiger partial charge on any atom is 0.337 e. The monoisotopic (exact) mass is 322 g/mol. The second-order valence-corrected chi connectivity index (χ2v) is 5.14. The minimum atomic E-state index is -1.11. The van der Waals surface area contributed by atoms with E-state index in [-0.39, 0.29) is 11.3 Å². The van der Waals surface area contributed by atoms with Crippen molar-refractivity contribution in [1.29, 1.82) is 0 Å². The quantitative estimate of drug-likeness (QED) is 0.628. The molecule has 6 nitrogen and oxygen atoms in total. The van der Waals surface area contributed by atoms with Crippen LogP contribution in [0.2, 0.25) is 10.0 Å². The Morgan fingerprint density at radius 1 is 1.33 bits per heavy atom. The highest BCUT2D eigenvalue weighted by atomic mass is 35.5. The van der Waals surface area contributed by atoms with Crippen LogP contribution in [0.4, 0.5) is 5.69 Å². The van der Waals surface area contributed by atoms with Crippen LogP contribution < -0.4 is 5.73 Å². The van der Waals surface area contributed by atoms with Gasteiger partial charge in [-0.25, -0.2) is 14.8 Å². The molecule has 106 valence electrons. The van der Waals surface area contributed by atoms with E-state index in [1.165, 1.54) is 12.3 Å². The lowest BCUT2D eigenvalue weighted by atomic mass is 10.1. The van der Waals surface area contributed by atoms with E-state index >= 15 is 0 Å². The molecule has 1 aromatic carbocycles. The number of carbonyl (C=O) groups is 1. The number of carboxylic acids is 1. The smallest absolute Gasteiger partial charge is 0.337 e. The average molecular weight is 323 g/mol. The third-order valence-electron chi connectivity index (χ3n) is 2.96. The lowest BCUT2D eigenvalue weighted by Crippen LogP contribution is -2.02. The van der Waals surface area contributed by atoms with Gasteiger partial charge in [-0.05, 0) is 18.2 Å². The molecule has 0 bridgehead atoms. The number of nitrogens with one attached hydrogen (secondary N) is 1. The van der Waals surface area contributed by atoms with Crippen LogP contribution in [0.1, 0.15) is 10.4 Å². The van der Waals surface area contributed by atoms with Crippen LogP contribution in [0.3, 0.4) is 0 Å². The number of hydrogen-bond acceptors (Lipinski definition) is 4. The summed E-state index contributed by atoms with van der Waals surface area (Å²) in [5.74, 6) is -0.720. The second-order valence-electron chi connectivity index (χ2n) is 4.30. The molecule has 21 heavy (non-hydrogen) atoms. The normalized spacial score (nSPS) is 11.0. The van der Waals surface area contributed by atoms with Gasteiger partial charge in [0.25, 0.3) is 0 Å². The topological polar surface area (TPSA) is 105 Å². The van der Waals surface area contributed by atoms with Gasteiger partial charge in [0.05, 0.1) is 26.8 Å². The number of halogens is 2. The van der Waals surface area contributed by atoms with Crippen molar-refractivity contribution in [2.45, 2.75) is 0 Å². The molecule has 2 heterocycles. The molecule has 8 heteroatoms. The Labute approximate surface area is 128 Å². The number of H-pyrrole nitrogens is 1. The van der Waals surface area contributed by atoms with Gasteiger partial charge in [-0.2, -0.15) is 0 Å². The zero-order chi connectivity index (χ0) is 15.1. The van der Waals surface area contributed by atoms with Crippen molar-refractivity contribution >= 4 is 45.9 Å². The average Bonchev–Trinajstić information content (AvgIpc) is 2.83. The van der Waals surface area contributed by atoms with Gasteiger partial charge in [-0.15, -0.1) is 0 Å². The number of fused-ring (bicyclic) bond motifs is 1. The van der Waals surface area contributed by atoms with Crippen LogP contribution in [0, 0.1) is 0 Å². The highest BCUT2D eigenvalue weighted by Gasteiger charge is 2.16. The van der Waals surface area contributed by atoms with E-state index in [0.29, 0.717) is 32.6 Å². The summed E-state index contributed by atoms with van der Waals surface area (Å²) in [5, 5.41) is 9.80. The number of hydrogen-bond donors (Lipinski definition) is 3. The zero-order valence-corrected chi connectivity index (χ0v) is 11.9. The van der Waals surface area contributed by atoms with Crippen molar-refractivity contribution < 1.29 is 9.90 Å². The largest absolute Gasteiger partial charge is 0.478 e. The molecule has 2 aromatic heterocycles. The Bertz CT molecular complexity index is 876. The van der Waals surface area contributed by atoms with Crippen LogP contribution >= 0.6 is 23.2 Å². The van der Waals surface area contributed by atoms with E-state index in [9.17, 15) is 4.79 Å². The summed E-state index contributed by atoms with van der Waals surface area (Å²) in [6.07, 6.45) is 1.45. The Morgan fingerprint density at radius 2 is 2.10 bits per heavy atom. The molecule has 0 unspecified atom stereocenters. The Balaban J connectivity index is 2.22. The molecule has 0 saturated carbocycles. The van der Waals surface area contributed by atoms with Crippen molar-refractivity contribution in [2.24, 2.45) is 0 Å². The Hall–Kier alpha value is -2.31. The number of rotatable bonds is 2. The fourth-order valence-electron chi connectivity index (χ4n) is 1.98. The van der Waals surface area contributed by atoms with Crippen molar-refractivity contribution in [1.82, 2.24) is 15.0 Å². The molecule has 0 saturated heterocycles. The number of anilines is 1. The number of nitrogen functional groups attached to an aromatic ring is 1. The van der Waals surface area contributed by atoms with E-state index < -0.39 is 5.97 Å². The molecule has 0 fully saturated rings. The minimum absolute atomic E-state index is 0.00397. The van der Waals surface area contributed by atoms with Gasteiger partial charge in [0.2, 0.25) is 0 Å². The summed E-state index contributed by atoms with van der Waals surface area (Å²) in [5.41, 5.74) is 7.29. The van der Waals surface area contributed by atoms with Gasteiger partial charge in [0, 0.05) is 6.20 Å². The first-order valence-corrected chi connectivity index (χ1v) is 6.56. The number of aromatic nitrogens is 3. The Morgan fingerprint density at radius 3 is 2.76 bits per heavy atom. The fraction of sp³-hybridized carbons (Fsp3) is 0. The third kappa shape index (κ3) is 2.28. The van der Waals surface area contributed by atoms with E-state index in [0.717, 1.165) is 0 Å². The minimum Gasteiger partial charge on any atom is -0.478 e. The second kappa shape index (κ2) is 4.91. The van der Waals surface area contributed by atoms with E-state index in [1.54, 1.807) is 12.1 Å². The lowest BCUT2D eigenvalue weighted by Gasteiger charge is -2.00. The van der Waals surface area contributed by atoms with Crippen LogP contribution in [0.15, 0.2) is 24.4 Å². The number of pyridine rings is 1. The summed E-state index contributed by atoms with van der Waals surface area (Å²) in [4.78, 5) is 22.5. The van der Waals surface area contributed by atoms with Crippen molar-refractivity contribution in [3.05, 3.63) is 40.0 Å². The van der Waals surface area contributed by atoms with E-state index in [4.69, 9.17) is 34.0 Å². The van der Waals surface area contributed by atoms with Crippen LogP contribution in [-0.4, -0.2) is 26.0 Å². The molecular formula is C13H8Cl2N4O2. The number of nitrogens with two attached hydrogens (primary N) is 1. The molecule has 0 spiro atoms. The molecular weight excluding hydrogens is 315 g/mol. The predicted octanol–water partition coefficient (Wildman–Crippen LogP) is 3.21. The maximum atomic E-state index is 11.1. The summed E-state index contributed by atoms with van der Waals surface area (Å²) in [7, 11) is 0. The van der Waals surface area contributed by atoms with Crippen molar-refractivity contribution in [2.75, 3.05) is 5.73 Å². The van der Waals surface area contributed by atoms with Gasteiger partial charge in [-0.1, -0.05) is 23.2 Å². The van der Waals surface area contributed by atoms with Crippen molar-refractivity contribution in [3.63, 3.8) is 0 Å². The summed E-state index contributed by atoms with van der Waals surface area (Å²) in [6.45, 7) is 0. The number of nitrogens with zero attached hydrogens (tertiary/aromatic N) is 2. The summed E-state index contributed by atoms with van der Waals surface area (Å²) < 4.78 is 0. The molecule has 0 amide bonds. The fourth-order valence-corrected chi connectivity index (χ4v) is 2.45. The molecule has 0 radical (unpaired) electrons. The highest BCUT2D eigenvalue weighted by Crippen LogP contribution is 2.30. The molecule has 3 aromatic rings. The van der Waals surface area contributed by atoms with Gasteiger partial charge < -0.3 is 15.8 Å². The van der Waals surface area contributed by atoms with Crippen LogP contribution in [0.5, 0.6) is 0 Å².